The molecule has 36 heavy (non-hydrogen) atoms. The third-order valence-corrected chi connectivity index (χ3v) is 9.53. The smallest absolute Gasteiger partial charge is 0.337 e. The van der Waals surface area contributed by atoms with Crippen molar-refractivity contribution in [3.63, 3.8) is 0 Å². The standard InChI is InChI=1S/C29H36ClNO5/c1-19(32)35-16-22-7-6-21(22)15-31-17-29(11-4-5-23-14-24(30)10-12-28(23,29)2)18-36-26-9-8-20(13-25(26)31)27(33)34-3/h8-10,12-14,21-23H,4-7,11,15-18H2,1-3H3/t21-,22-,23?,28?,29-/m0/s1. The van der Waals surface area contributed by atoms with Crippen LogP contribution in [0.2, 0.25) is 0 Å². The quantitative estimate of drug-likeness (QED) is 0.467. The number of ether oxygens (including phenoxy) is 3. The largest absolute Gasteiger partial charge is 0.491 e. The van der Waals surface area contributed by atoms with Crippen LogP contribution in [0.5, 0.6) is 5.75 Å². The molecule has 1 spiro atoms. The van der Waals surface area contributed by atoms with E-state index in [2.05, 4.69) is 24.0 Å². The fourth-order valence-electron chi connectivity index (χ4n) is 6.77. The van der Waals surface area contributed by atoms with Gasteiger partial charge in [-0.1, -0.05) is 37.1 Å². The Labute approximate surface area is 218 Å². The lowest BCUT2D eigenvalue weighted by Crippen LogP contribution is -2.56. The lowest BCUT2D eigenvalue weighted by Gasteiger charge is -2.56. The van der Waals surface area contributed by atoms with Crippen LogP contribution in [-0.4, -0.2) is 45.4 Å². The Balaban J connectivity index is 1.50. The second kappa shape index (κ2) is 9.77. The normalized spacial score (nSPS) is 32.8. The predicted molar refractivity (Wildman–Crippen MR) is 139 cm³/mol. The zero-order chi connectivity index (χ0) is 25.5. The van der Waals surface area contributed by atoms with E-state index in [1.54, 1.807) is 6.07 Å². The van der Waals surface area contributed by atoms with E-state index in [0.717, 1.165) is 61.7 Å². The summed E-state index contributed by atoms with van der Waals surface area (Å²) in [6.45, 7) is 6.55. The molecular formula is C29H36ClNO5. The first-order valence-corrected chi connectivity index (χ1v) is 13.4. The van der Waals surface area contributed by atoms with Gasteiger partial charge in [0.2, 0.25) is 0 Å². The molecule has 0 radical (unpaired) electrons. The van der Waals surface area contributed by atoms with Crippen LogP contribution in [0.4, 0.5) is 5.69 Å². The minimum atomic E-state index is -0.354. The third-order valence-electron chi connectivity index (χ3n) is 9.28. The summed E-state index contributed by atoms with van der Waals surface area (Å²) >= 11 is 6.44. The lowest BCUT2D eigenvalue weighted by molar-refractivity contribution is -0.144. The number of fused-ring (bicyclic) bond motifs is 3. The SMILES string of the molecule is COC(=O)c1ccc2c(c1)N(C[C@@H]1CC[C@H]1COC(C)=O)C[C@@]1(CCCC3C=C(Cl)C=CC31C)CO2. The molecule has 2 unspecified atom stereocenters. The molecule has 0 bridgehead atoms. The zero-order valence-electron chi connectivity index (χ0n) is 21.4. The number of carbonyl (C=O) groups is 2. The lowest BCUT2D eigenvalue weighted by atomic mass is 9.51. The maximum absolute atomic E-state index is 12.4. The van der Waals surface area contributed by atoms with Gasteiger partial charge in [0.25, 0.3) is 0 Å². The molecule has 7 heteroatoms. The van der Waals surface area contributed by atoms with Gasteiger partial charge in [-0.05, 0) is 67.7 Å². The number of benzene rings is 1. The van der Waals surface area contributed by atoms with E-state index in [-0.39, 0.29) is 22.8 Å². The van der Waals surface area contributed by atoms with Crippen LogP contribution in [0.3, 0.4) is 0 Å². The number of rotatable bonds is 5. The molecule has 0 saturated heterocycles. The second-order valence-electron chi connectivity index (χ2n) is 11.2. The Morgan fingerprint density at radius 1 is 1.22 bits per heavy atom. The molecule has 0 amide bonds. The Kier molecular flexibility index (Phi) is 6.84. The van der Waals surface area contributed by atoms with Crippen LogP contribution in [0, 0.1) is 28.6 Å². The van der Waals surface area contributed by atoms with E-state index < -0.39 is 0 Å². The van der Waals surface area contributed by atoms with Gasteiger partial charge in [-0.15, -0.1) is 0 Å². The van der Waals surface area contributed by atoms with Crippen LogP contribution in [0.15, 0.2) is 41.5 Å². The Bertz CT molecular complexity index is 1100. The summed E-state index contributed by atoms with van der Waals surface area (Å²) < 4.78 is 16.9. The summed E-state index contributed by atoms with van der Waals surface area (Å²) in [5.41, 5.74) is 1.25. The summed E-state index contributed by atoms with van der Waals surface area (Å²) in [6, 6.07) is 5.60. The average molecular weight is 514 g/mol. The van der Waals surface area contributed by atoms with Gasteiger partial charge >= 0.3 is 11.9 Å². The fourth-order valence-corrected chi connectivity index (χ4v) is 6.98. The van der Waals surface area contributed by atoms with E-state index in [0.29, 0.717) is 36.5 Å². The fraction of sp³-hybridized carbons (Fsp3) is 0.586. The Morgan fingerprint density at radius 2 is 2.03 bits per heavy atom. The van der Waals surface area contributed by atoms with Crippen molar-refractivity contribution in [1.29, 1.82) is 0 Å². The molecule has 5 atom stereocenters. The Morgan fingerprint density at radius 3 is 2.75 bits per heavy atom. The number of hydrogen-bond donors (Lipinski definition) is 0. The summed E-state index contributed by atoms with van der Waals surface area (Å²) in [5.74, 6) is 1.35. The minimum Gasteiger partial charge on any atom is -0.491 e. The maximum atomic E-state index is 12.4. The number of nitrogens with zero attached hydrogens (tertiary/aromatic N) is 1. The number of halogens is 1. The van der Waals surface area contributed by atoms with Crippen molar-refractivity contribution in [3.8, 4) is 5.75 Å². The monoisotopic (exact) mass is 513 g/mol. The average Bonchev–Trinajstić information content (AvgIpc) is 3.00. The van der Waals surface area contributed by atoms with Crippen molar-refractivity contribution in [2.45, 2.75) is 46.0 Å². The van der Waals surface area contributed by atoms with E-state index in [9.17, 15) is 9.59 Å². The molecule has 4 aliphatic rings. The van der Waals surface area contributed by atoms with E-state index in [4.69, 9.17) is 25.8 Å². The third kappa shape index (κ3) is 4.42. The highest BCUT2D eigenvalue weighted by molar-refractivity contribution is 6.31. The molecule has 6 nitrogen and oxygen atoms in total. The topological polar surface area (TPSA) is 65.1 Å². The van der Waals surface area contributed by atoms with Gasteiger partial charge in [-0.3, -0.25) is 4.79 Å². The molecule has 2 fully saturated rings. The minimum absolute atomic E-state index is 0.0914. The number of carbonyl (C=O) groups excluding carboxylic acids is 2. The number of anilines is 1. The van der Waals surface area contributed by atoms with Gasteiger partial charge < -0.3 is 19.1 Å². The van der Waals surface area contributed by atoms with Crippen LogP contribution in [0.25, 0.3) is 0 Å². The summed E-state index contributed by atoms with van der Waals surface area (Å²) in [6.07, 6.45) is 12.0. The predicted octanol–water partition coefficient (Wildman–Crippen LogP) is 5.75. The first-order valence-electron chi connectivity index (χ1n) is 13.0. The van der Waals surface area contributed by atoms with Crippen LogP contribution < -0.4 is 9.64 Å². The highest BCUT2D eigenvalue weighted by Gasteiger charge is 2.55. The molecular weight excluding hydrogens is 478 g/mol. The molecule has 1 heterocycles. The van der Waals surface area contributed by atoms with Crippen LogP contribution in [-0.2, 0) is 14.3 Å². The molecule has 1 aliphatic heterocycles. The highest BCUT2D eigenvalue weighted by atomic mass is 35.5. The molecule has 0 aromatic heterocycles. The van der Waals surface area contributed by atoms with Gasteiger partial charge in [-0.2, -0.15) is 0 Å². The Hall–Kier alpha value is -2.47. The van der Waals surface area contributed by atoms with Crippen LogP contribution >= 0.6 is 11.6 Å². The molecule has 1 aromatic rings. The number of methoxy groups -OCH3 is 1. The molecule has 1 aromatic carbocycles. The van der Waals surface area contributed by atoms with Crippen molar-refractivity contribution >= 4 is 29.2 Å². The van der Waals surface area contributed by atoms with Gasteiger partial charge in [-0.25, -0.2) is 4.79 Å². The van der Waals surface area contributed by atoms with E-state index in [1.807, 2.05) is 18.2 Å². The summed E-state index contributed by atoms with van der Waals surface area (Å²) in [7, 11) is 1.41. The van der Waals surface area contributed by atoms with Crippen molar-refractivity contribution in [3.05, 3.63) is 47.0 Å². The van der Waals surface area contributed by atoms with Crippen LogP contribution in [0.1, 0.15) is 56.3 Å². The molecule has 5 rings (SSSR count). The highest BCUT2D eigenvalue weighted by Crippen LogP contribution is 2.59. The number of allylic oxidation sites excluding steroid dienone is 4. The van der Waals surface area contributed by atoms with Gasteiger partial charge in [0, 0.05) is 35.9 Å². The molecule has 3 aliphatic carbocycles. The second-order valence-corrected chi connectivity index (χ2v) is 11.6. The van der Waals surface area contributed by atoms with E-state index >= 15 is 0 Å². The first kappa shape index (κ1) is 25.2. The van der Waals surface area contributed by atoms with Crippen molar-refractivity contribution in [1.82, 2.24) is 0 Å². The molecule has 2 saturated carbocycles. The van der Waals surface area contributed by atoms with Gasteiger partial charge in [0.05, 0.1) is 31.6 Å². The van der Waals surface area contributed by atoms with Crippen molar-refractivity contribution in [2.75, 3.05) is 38.3 Å². The van der Waals surface area contributed by atoms with Gasteiger partial charge in [0.15, 0.2) is 0 Å². The number of esters is 2. The zero-order valence-corrected chi connectivity index (χ0v) is 22.2. The van der Waals surface area contributed by atoms with Gasteiger partial charge in [0.1, 0.15) is 5.75 Å². The first-order chi connectivity index (χ1) is 17.2. The van der Waals surface area contributed by atoms with Crippen molar-refractivity contribution < 1.29 is 23.8 Å². The van der Waals surface area contributed by atoms with E-state index in [1.165, 1.54) is 14.0 Å². The molecule has 194 valence electrons. The maximum Gasteiger partial charge on any atom is 0.337 e. The summed E-state index contributed by atoms with van der Waals surface area (Å²) in [5, 5.41) is 0.815. The number of hydrogen-bond acceptors (Lipinski definition) is 6. The molecule has 0 N–H and O–H groups in total. The van der Waals surface area contributed by atoms with Crippen molar-refractivity contribution in [2.24, 2.45) is 28.6 Å². The summed E-state index contributed by atoms with van der Waals surface area (Å²) in [4.78, 5) is 26.2.